The summed E-state index contributed by atoms with van der Waals surface area (Å²) in [6.45, 7) is 4.99. The van der Waals surface area contributed by atoms with Crippen molar-refractivity contribution in [2.75, 3.05) is 33.4 Å². The number of hydrogen-bond acceptors (Lipinski definition) is 4. The molecule has 0 aliphatic rings. The molecular formula is C11H19N3O3. The number of nitrogens with zero attached hydrogens (tertiary/aromatic N) is 2. The second kappa shape index (κ2) is 8.53. The van der Waals surface area contributed by atoms with Crippen molar-refractivity contribution in [2.24, 2.45) is 5.92 Å². The molecule has 2 amide bonds. The van der Waals surface area contributed by atoms with Crippen LogP contribution in [0.5, 0.6) is 0 Å². The van der Waals surface area contributed by atoms with E-state index in [4.69, 9.17) is 10.00 Å². The first-order valence-electron chi connectivity index (χ1n) is 5.45. The lowest BCUT2D eigenvalue weighted by Gasteiger charge is -2.23. The fourth-order valence-electron chi connectivity index (χ4n) is 1.26. The highest BCUT2D eigenvalue weighted by molar-refractivity contribution is 6.35. The highest BCUT2D eigenvalue weighted by atomic mass is 16.5. The van der Waals surface area contributed by atoms with Gasteiger partial charge in [-0.1, -0.05) is 13.8 Å². The van der Waals surface area contributed by atoms with Gasteiger partial charge in [-0.05, 0) is 5.92 Å². The molecule has 0 unspecified atom stereocenters. The zero-order chi connectivity index (χ0) is 13.3. The van der Waals surface area contributed by atoms with E-state index in [1.165, 1.54) is 12.0 Å². The van der Waals surface area contributed by atoms with Gasteiger partial charge in [0.15, 0.2) is 0 Å². The lowest BCUT2D eigenvalue weighted by Crippen LogP contribution is -2.45. The SMILES string of the molecule is COCCN(CC(C)C)C(=O)C(=O)NCC#N. The topological polar surface area (TPSA) is 82.4 Å². The van der Waals surface area contributed by atoms with Crippen molar-refractivity contribution in [1.82, 2.24) is 10.2 Å². The molecule has 0 heterocycles. The normalized spacial score (nSPS) is 9.82. The molecule has 0 aliphatic carbocycles. The van der Waals surface area contributed by atoms with Crippen molar-refractivity contribution in [3.8, 4) is 6.07 Å². The number of carbonyl (C=O) groups is 2. The van der Waals surface area contributed by atoms with E-state index >= 15 is 0 Å². The van der Waals surface area contributed by atoms with E-state index in [9.17, 15) is 9.59 Å². The molecule has 0 aromatic heterocycles. The van der Waals surface area contributed by atoms with Gasteiger partial charge >= 0.3 is 11.8 Å². The maximum absolute atomic E-state index is 11.7. The lowest BCUT2D eigenvalue weighted by molar-refractivity contribution is -0.146. The fourth-order valence-corrected chi connectivity index (χ4v) is 1.26. The van der Waals surface area contributed by atoms with Gasteiger partial charge in [0.2, 0.25) is 0 Å². The molecular weight excluding hydrogens is 222 g/mol. The molecule has 6 heteroatoms. The summed E-state index contributed by atoms with van der Waals surface area (Å²) in [7, 11) is 1.54. The minimum atomic E-state index is -0.747. The third kappa shape index (κ3) is 6.53. The molecule has 0 saturated heterocycles. The molecule has 0 aliphatic heterocycles. The number of amides is 2. The highest BCUT2D eigenvalue weighted by Gasteiger charge is 2.21. The molecule has 0 bridgehead atoms. The fraction of sp³-hybridized carbons (Fsp3) is 0.727. The summed E-state index contributed by atoms with van der Waals surface area (Å²) >= 11 is 0. The number of nitrogens with one attached hydrogen (secondary N) is 1. The van der Waals surface area contributed by atoms with Crippen molar-refractivity contribution >= 4 is 11.8 Å². The predicted octanol–water partition coefficient (Wildman–Crippen LogP) is -0.243. The van der Waals surface area contributed by atoms with Crippen molar-refractivity contribution in [2.45, 2.75) is 13.8 Å². The van der Waals surface area contributed by atoms with Crippen molar-refractivity contribution < 1.29 is 14.3 Å². The van der Waals surface area contributed by atoms with Gasteiger partial charge in [0, 0.05) is 20.2 Å². The molecule has 1 N–H and O–H groups in total. The first-order chi connectivity index (χ1) is 8.02. The van der Waals surface area contributed by atoms with E-state index in [0.29, 0.717) is 19.7 Å². The van der Waals surface area contributed by atoms with Crippen LogP contribution >= 0.6 is 0 Å². The molecule has 0 spiro atoms. The molecule has 0 rings (SSSR count). The Hall–Kier alpha value is -1.61. The van der Waals surface area contributed by atoms with Crippen LogP contribution in [0.15, 0.2) is 0 Å². The van der Waals surface area contributed by atoms with E-state index in [-0.39, 0.29) is 12.5 Å². The molecule has 0 aromatic carbocycles. The molecule has 6 nitrogen and oxygen atoms in total. The zero-order valence-corrected chi connectivity index (χ0v) is 10.5. The van der Waals surface area contributed by atoms with Crippen LogP contribution in [0.1, 0.15) is 13.8 Å². The van der Waals surface area contributed by atoms with Crippen LogP contribution in [0.2, 0.25) is 0 Å². The summed E-state index contributed by atoms with van der Waals surface area (Å²) < 4.78 is 4.89. The Labute approximate surface area is 102 Å². The maximum atomic E-state index is 11.7. The van der Waals surface area contributed by atoms with Gasteiger partial charge in [0.05, 0.1) is 12.7 Å². The van der Waals surface area contributed by atoms with Crippen molar-refractivity contribution in [3.63, 3.8) is 0 Å². The molecule has 0 aromatic rings. The second-order valence-corrected chi connectivity index (χ2v) is 3.98. The van der Waals surface area contributed by atoms with Crippen molar-refractivity contribution in [1.29, 1.82) is 5.26 Å². The van der Waals surface area contributed by atoms with Gasteiger partial charge in [-0.15, -0.1) is 0 Å². The zero-order valence-electron chi connectivity index (χ0n) is 10.5. The number of nitriles is 1. The van der Waals surface area contributed by atoms with E-state index in [0.717, 1.165) is 0 Å². The number of ether oxygens (including phenoxy) is 1. The first kappa shape index (κ1) is 15.4. The average molecular weight is 241 g/mol. The van der Waals surface area contributed by atoms with E-state index < -0.39 is 11.8 Å². The van der Waals surface area contributed by atoms with Gasteiger partial charge in [0.25, 0.3) is 0 Å². The van der Waals surface area contributed by atoms with Crippen molar-refractivity contribution in [3.05, 3.63) is 0 Å². The average Bonchev–Trinajstić information content (AvgIpc) is 2.29. The largest absolute Gasteiger partial charge is 0.383 e. The Morgan fingerprint density at radius 2 is 2.12 bits per heavy atom. The Bertz CT molecular complexity index is 297. The summed E-state index contributed by atoms with van der Waals surface area (Å²) in [5, 5.41) is 10.5. The van der Waals surface area contributed by atoms with Gasteiger partial charge in [-0.3, -0.25) is 9.59 Å². The van der Waals surface area contributed by atoms with Crippen LogP contribution in [-0.4, -0.2) is 50.1 Å². The lowest BCUT2D eigenvalue weighted by atomic mass is 10.2. The quantitative estimate of drug-likeness (QED) is 0.514. The third-order valence-electron chi connectivity index (χ3n) is 1.96. The van der Waals surface area contributed by atoms with E-state index in [2.05, 4.69) is 5.32 Å². The highest BCUT2D eigenvalue weighted by Crippen LogP contribution is 1.99. The number of methoxy groups -OCH3 is 1. The molecule has 17 heavy (non-hydrogen) atoms. The summed E-state index contributed by atoms with van der Waals surface area (Å²) in [5.74, 6) is -1.10. The summed E-state index contributed by atoms with van der Waals surface area (Å²) in [5.41, 5.74) is 0. The summed E-state index contributed by atoms with van der Waals surface area (Å²) in [6.07, 6.45) is 0. The summed E-state index contributed by atoms with van der Waals surface area (Å²) in [4.78, 5) is 24.6. The van der Waals surface area contributed by atoms with Crippen LogP contribution < -0.4 is 5.32 Å². The Balaban J connectivity index is 4.40. The Kier molecular flexibility index (Phi) is 7.72. The van der Waals surface area contributed by atoms with Gasteiger partial charge < -0.3 is 15.0 Å². The molecule has 0 saturated carbocycles. The smallest absolute Gasteiger partial charge is 0.311 e. The monoisotopic (exact) mass is 241 g/mol. The standard InChI is InChI=1S/C11H19N3O3/c1-9(2)8-14(6-7-17-3)11(16)10(15)13-5-4-12/h9H,5-8H2,1-3H3,(H,13,15). The number of carbonyl (C=O) groups excluding carboxylic acids is 2. The summed E-state index contributed by atoms with van der Waals surface area (Å²) in [6, 6.07) is 1.75. The van der Waals surface area contributed by atoms with E-state index in [1.54, 1.807) is 6.07 Å². The number of hydrogen-bond donors (Lipinski definition) is 1. The van der Waals surface area contributed by atoms with Crippen LogP contribution in [-0.2, 0) is 14.3 Å². The predicted molar refractivity (Wildman–Crippen MR) is 61.9 cm³/mol. The molecule has 0 fully saturated rings. The third-order valence-corrected chi connectivity index (χ3v) is 1.96. The second-order valence-electron chi connectivity index (χ2n) is 3.98. The van der Waals surface area contributed by atoms with Gasteiger partial charge in [-0.2, -0.15) is 5.26 Å². The van der Waals surface area contributed by atoms with E-state index in [1.807, 2.05) is 13.8 Å². The van der Waals surface area contributed by atoms with Crippen LogP contribution in [0.4, 0.5) is 0 Å². The van der Waals surface area contributed by atoms with Gasteiger partial charge in [-0.25, -0.2) is 0 Å². The maximum Gasteiger partial charge on any atom is 0.311 e. The van der Waals surface area contributed by atoms with Gasteiger partial charge in [0.1, 0.15) is 6.54 Å². The molecule has 0 radical (unpaired) electrons. The molecule has 0 atom stereocenters. The minimum Gasteiger partial charge on any atom is -0.383 e. The molecule has 96 valence electrons. The van der Waals surface area contributed by atoms with Crippen LogP contribution in [0.25, 0.3) is 0 Å². The Morgan fingerprint density at radius 1 is 1.47 bits per heavy atom. The number of rotatable bonds is 6. The van der Waals surface area contributed by atoms with Crippen LogP contribution in [0.3, 0.4) is 0 Å². The Morgan fingerprint density at radius 3 is 2.59 bits per heavy atom. The first-order valence-corrected chi connectivity index (χ1v) is 5.45. The minimum absolute atomic E-state index is 0.162. The van der Waals surface area contributed by atoms with Crippen LogP contribution in [0, 0.1) is 17.2 Å².